The van der Waals surface area contributed by atoms with Gasteiger partial charge < -0.3 is 0 Å². The largest absolute Gasteiger partial charge is 0.243 e. The highest BCUT2D eigenvalue weighted by Crippen LogP contribution is 2.29. The lowest BCUT2D eigenvalue weighted by Gasteiger charge is -2.20. The van der Waals surface area contributed by atoms with Crippen LogP contribution < -0.4 is 0 Å². The number of hydrogen-bond acceptors (Lipinski definition) is 3. The van der Waals surface area contributed by atoms with Crippen LogP contribution in [0, 0.1) is 5.92 Å². The predicted molar refractivity (Wildman–Crippen MR) is 75.6 cm³/mol. The van der Waals surface area contributed by atoms with E-state index < -0.39 is 10.0 Å². The van der Waals surface area contributed by atoms with E-state index in [1.165, 1.54) is 28.5 Å². The SMILES string of the molecule is CN(CC1CCCC1)S(=O)(=O)c1ccsc1CCl. The lowest BCUT2D eigenvalue weighted by molar-refractivity contribution is 0.387. The number of sulfonamides is 1. The topological polar surface area (TPSA) is 37.4 Å². The van der Waals surface area contributed by atoms with Crippen LogP contribution >= 0.6 is 22.9 Å². The van der Waals surface area contributed by atoms with E-state index in [0.29, 0.717) is 17.4 Å². The molecule has 1 heterocycles. The van der Waals surface area contributed by atoms with Crippen molar-refractivity contribution in [1.29, 1.82) is 0 Å². The van der Waals surface area contributed by atoms with Crippen molar-refractivity contribution in [2.45, 2.75) is 36.5 Å². The molecule has 0 amide bonds. The Hall–Kier alpha value is -0.100. The van der Waals surface area contributed by atoms with Crippen LogP contribution in [0.3, 0.4) is 0 Å². The second-order valence-corrected chi connectivity index (χ2v) is 8.06. The maximum atomic E-state index is 12.4. The smallest absolute Gasteiger partial charge is 0.207 e. The summed E-state index contributed by atoms with van der Waals surface area (Å²) in [5.41, 5.74) is 0. The number of thiophene rings is 1. The van der Waals surface area contributed by atoms with Gasteiger partial charge in [-0.2, -0.15) is 0 Å². The molecule has 0 radical (unpaired) electrons. The summed E-state index contributed by atoms with van der Waals surface area (Å²) in [5, 5.41) is 1.79. The van der Waals surface area contributed by atoms with Gasteiger partial charge in [-0.05, 0) is 30.2 Å². The molecule has 1 aromatic rings. The molecule has 1 aromatic heterocycles. The number of alkyl halides is 1. The number of nitrogens with zero attached hydrogens (tertiary/aromatic N) is 1. The van der Waals surface area contributed by atoms with Gasteiger partial charge in [0.15, 0.2) is 0 Å². The van der Waals surface area contributed by atoms with Crippen LogP contribution in [-0.2, 0) is 15.9 Å². The molecule has 1 aliphatic carbocycles. The summed E-state index contributed by atoms with van der Waals surface area (Å²) >= 11 is 7.18. The fourth-order valence-electron chi connectivity index (χ4n) is 2.48. The van der Waals surface area contributed by atoms with Gasteiger partial charge in [0.05, 0.1) is 10.8 Å². The molecular weight excluding hydrogens is 290 g/mol. The van der Waals surface area contributed by atoms with E-state index in [9.17, 15) is 8.42 Å². The number of halogens is 1. The summed E-state index contributed by atoms with van der Waals surface area (Å²) in [6.45, 7) is 0.625. The molecule has 18 heavy (non-hydrogen) atoms. The van der Waals surface area contributed by atoms with Crippen molar-refractivity contribution in [3.8, 4) is 0 Å². The van der Waals surface area contributed by atoms with Crippen LogP contribution in [0.5, 0.6) is 0 Å². The maximum Gasteiger partial charge on any atom is 0.243 e. The lowest BCUT2D eigenvalue weighted by Crippen LogP contribution is -2.31. The zero-order chi connectivity index (χ0) is 13.2. The van der Waals surface area contributed by atoms with Gasteiger partial charge >= 0.3 is 0 Å². The molecule has 1 fully saturated rings. The third-order valence-electron chi connectivity index (χ3n) is 3.50. The van der Waals surface area contributed by atoms with Crippen molar-refractivity contribution in [2.75, 3.05) is 13.6 Å². The van der Waals surface area contributed by atoms with Crippen molar-refractivity contribution in [3.05, 3.63) is 16.3 Å². The van der Waals surface area contributed by atoms with Crippen molar-refractivity contribution >= 4 is 33.0 Å². The molecule has 102 valence electrons. The highest BCUT2D eigenvalue weighted by atomic mass is 35.5. The maximum absolute atomic E-state index is 12.4. The molecule has 0 spiro atoms. The quantitative estimate of drug-likeness (QED) is 0.783. The van der Waals surface area contributed by atoms with Crippen LogP contribution in [0.2, 0.25) is 0 Å². The van der Waals surface area contributed by atoms with Gasteiger partial charge in [-0.15, -0.1) is 22.9 Å². The molecule has 0 saturated heterocycles. The molecule has 0 N–H and O–H groups in total. The molecule has 1 aliphatic rings. The standard InChI is InChI=1S/C12H18ClNO2S2/c1-14(9-10-4-2-3-5-10)18(15,16)12-6-7-17-11(12)8-13/h6-7,10H,2-5,8-9H2,1H3. The van der Waals surface area contributed by atoms with Gasteiger partial charge in [-0.1, -0.05) is 12.8 Å². The Balaban J connectivity index is 2.14. The van der Waals surface area contributed by atoms with Gasteiger partial charge in [-0.3, -0.25) is 0 Å². The highest BCUT2D eigenvalue weighted by molar-refractivity contribution is 7.89. The second-order valence-electron chi connectivity index (χ2n) is 4.78. The van der Waals surface area contributed by atoms with Gasteiger partial charge in [-0.25, -0.2) is 12.7 Å². The van der Waals surface area contributed by atoms with Crippen molar-refractivity contribution in [3.63, 3.8) is 0 Å². The summed E-state index contributed by atoms with van der Waals surface area (Å²) in [5.74, 6) is 0.770. The third kappa shape index (κ3) is 2.90. The van der Waals surface area contributed by atoms with E-state index in [0.717, 1.165) is 17.7 Å². The molecule has 0 bridgehead atoms. The first-order valence-corrected chi connectivity index (χ1v) is 9.00. The normalized spacial score (nSPS) is 17.7. The van der Waals surface area contributed by atoms with E-state index in [1.54, 1.807) is 18.5 Å². The monoisotopic (exact) mass is 307 g/mol. The number of rotatable bonds is 5. The fourth-order valence-corrected chi connectivity index (χ4v) is 5.40. The van der Waals surface area contributed by atoms with Gasteiger partial charge in [0.25, 0.3) is 0 Å². The van der Waals surface area contributed by atoms with Gasteiger partial charge in [0, 0.05) is 18.5 Å². The molecule has 0 aliphatic heterocycles. The fraction of sp³-hybridized carbons (Fsp3) is 0.667. The summed E-state index contributed by atoms with van der Waals surface area (Å²) in [6, 6.07) is 1.66. The van der Waals surface area contributed by atoms with Crippen LogP contribution in [0.15, 0.2) is 16.3 Å². The molecule has 6 heteroatoms. The Kier molecular flexibility index (Phi) is 4.69. The minimum atomic E-state index is -3.37. The molecular formula is C12H18ClNO2S2. The van der Waals surface area contributed by atoms with Gasteiger partial charge in [0.1, 0.15) is 0 Å². The Morgan fingerprint density at radius 1 is 1.44 bits per heavy atom. The molecule has 0 atom stereocenters. The summed E-state index contributed by atoms with van der Waals surface area (Å²) in [7, 11) is -1.70. The van der Waals surface area contributed by atoms with Crippen molar-refractivity contribution in [1.82, 2.24) is 4.31 Å². The first kappa shape index (κ1) is 14.3. The Labute approximate surface area is 118 Å². The van der Waals surface area contributed by atoms with Crippen LogP contribution in [0.1, 0.15) is 30.6 Å². The Bertz CT molecular complexity index is 492. The minimum Gasteiger partial charge on any atom is -0.207 e. The van der Waals surface area contributed by atoms with Crippen LogP contribution in [0.25, 0.3) is 0 Å². The second kappa shape index (κ2) is 5.90. The Morgan fingerprint density at radius 2 is 2.11 bits per heavy atom. The first-order chi connectivity index (χ1) is 8.55. The zero-order valence-electron chi connectivity index (χ0n) is 10.4. The average Bonchev–Trinajstić information content (AvgIpc) is 2.98. The Morgan fingerprint density at radius 3 is 2.72 bits per heavy atom. The molecule has 3 nitrogen and oxygen atoms in total. The summed E-state index contributed by atoms with van der Waals surface area (Å²) in [4.78, 5) is 1.11. The van der Waals surface area contributed by atoms with Crippen molar-refractivity contribution in [2.24, 2.45) is 5.92 Å². The lowest BCUT2D eigenvalue weighted by atomic mass is 10.1. The molecule has 1 saturated carbocycles. The molecule has 0 unspecified atom stereocenters. The van der Waals surface area contributed by atoms with Crippen LogP contribution in [-0.4, -0.2) is 26.3 Å². The summed E-state index contributed by atoms with van der Waals surface area (Å²) in [6.07, 6.45) is 4.74. The van der Waals surface area contributed by atoms with E-state index >= 15 is 0 Å². The third-order valence-corrected chi connectivity index (χ3v) is 6.89. The van der Waals surface area contributed by atoms with E-state index in [1.807, 2.05) is 0 Å². The average molecular weight is 308 g/mol. The predicted octanol–water partition coefficient (Wildman–Crippen LogP) is 3.30. The molecule has 2 rings (SSSR count). The van der Waals surface area contributed by atoms with Crippen LogP contribution in [0.4, 0.5) is 0 Å². The minimum absolute atomic E-state index is 0.253. The van der Waals surface area contributed by atoms with E-state index in [4.69, 9.17) is 11.6 Å². The van der Waals surface area contributed by atoms with E-state index in [-0.39, 0.29) is 5.88 Å². The highest BCUT2D eigenvalue weighted by Gasteiger charge is 2.27. The van der Waals surface area contributed by atoms with E-state index in [2.05, 4.69) is 0 Å². The zero-order valence-corrected chi connectivity index (χ0v) is 12.8. The number of hydrogen-bond donors (Lipinski definition) is 0. The first-order valence-electron chi connectivity index (χ1n) is 6.14. The molecule has 0 aromatic carbocycles. The summed E-state index contributed by atoms with van der Waals surface area (Å²) < 4.78 is 26.4. The van der Waals surface area contributed by atoms with Gasteiger partial charge in [0.2, 0.25) is 10.0 Å². The van der Waals surface area contributed by atoms with Crippen molar-refractivity contribution < 1.29 is 8.42 Å².